The standard InChI is InChI=1S/C21H25ClN2O3.Ca.2H/c22-17-8-6-16(7-9-17)21(19-4-1-2-12-23-19)27-18-10-14-24(15-11-18)13-3-5-20(25)26;;;/h1-2,4,6-9,12,18,21H,3,5,10-11,13-15H2,(H,25,26);;;/t21-;;;/m0.../s1. The second-order valence-corrected chi connectivity index (χ2v) is 7.30. The van der Waals surface area contributed by atoms with Crippen molar-refractivity contribution < 1.29 is 14.6 Å². The van der Waals surface area contributed by atoms with Crippen molar-refractivity contribution in [2.45, 2.75) is 37.9 Å². The number of halogens is 1. The van der Waals surface area contributed by atoms with Gasteiger partial charge in [-0.15, -0.1) is 0 Å². The van der Waals surface area contributed by atoms with Crippen LogP contribution in [-0.4, -0.2) is 84.4 Å². The van der Waals surface area contributed by atoms with Gasteiger partial charge < -0.3 is 14.7 Å². The number of carboxylic acids is 1. The second-order valence-electron chi connectivity index (χ2n) is 6.86. The minimum atomic E-state index is -0.727. The van der Waals surface area contributed by atoms with E-state index in [-0.39, 0.29) is 56.4 Å². The Hall–Kier alpha value is -0.690. The summed E-state index contributed by atoms with van der Waals surface area (Å²) in [4.78, 5) is 17.5. The molecule has 5 nitrogen and oxygen atoms in total. The van der Waals surface area contributed by atoms with Crippen molar-refractivity contribution in [1.82, 2.24) is 9.88 Å². The van der Waals surface area contributed by atoms with Crippen LogP contribution in [0.4, 0.5) is 0 Å². The van der Waals surface area contributed by atoms with Gasteiger partial charge >= 0.3 is 43.7 Å². The molecule has 0 unspecified atom stereocenters. The number of carbonyl (C=O) groups is 1. The quantitative estimate of drug-likeness (QED) is 0.651. The number of benzene rings is 1. The van der Waals surface area contributed by atoms with Crippen molar-refractivity contribution in [3.8, 4) is 0 Å². The molecule has 28 heavy (non-hydrogen) atoms. The molecule has 0 aliphatic carbocycles. The van der Waals surface area contributed by atoms with E-state index in [9.17, 15) is 4.79 Å². The Morgan fingerprint density at radius 3 is 2.54 bits per heavy atom. The first-order valence-corrected chi connectivity index (χ1v) is 9.75. The molecule has 0 saturated carbocycles. The van der Waals surface area contributed by atoms with E-state index in [1.165, 1.54) is 0 Å². The van der Waals surface area contributed by atoms with Gasteiger partial charge in [-0.3, -0.25) is 9.78 Å². The van der Waals surface area contributed by atoms with E-state index in [4.69, 9.17) is 21.4 Å². The van der Waals surface area contributed by atoms with Crippen molar-refractivity contribution in [3.05, 3.63) is 64.9 Å². The molecule has 1 aromatic carbocycles. The van der Waals surface area contributed by atoms with Gasteiger partial charge in [0, 0.05) is 30.7 Å². The number of aromatic nitrogens is 1. The molecule has 0 amide bonds. The second kappa shape index (κ2) is 12.1. The van der Waals surface area contributed by atoms with Crippen LogP contribution in [0.2, 0.25) is 5.02 Å². The molecule has 0 spiro atoms. The zero-order chi connectivity index (χ0) is 19.1. The Morgan fingerprint density at radius 1 is 1.21 bits per heavy atom. The molecule has 1 atom stereocenters. The Balaban J connectivity index is 0.00000280. The molecule has 1 fully saturated rings. The summed E-state index contributed by atoms with van der Waals surface area (Å²) in [6.07, 6.45) is 4.52. The van der Waals surface area contributed by atoms with Crippen LogP contribution in [0, 0.1) is 0 Å². The molecule has 3 rings (SSSR count). The normalized spacial score (nSPS) is 16.3. The van der Waals surface area contributed by atoms with Gasteiger partial charge in [-0.2, -0.15) is 0 Å². The monoisotopic (exact) mass is 430 g/mol. The van der Waals surface area contributed by atoms with Gasteiger partial charge in [-0.25, -0.2) is 0 Å². The molecule has 148 valence electrons. The van der Waals surface area contributed by atoms with E-state index in [1.54, 1.807) is 6.20 Å². The maximum absolute atomic E-state index is 10.7. The molecule has 1 aliphatic rings. The van der Waals surface area contributed by atoms with Crippen molar-refractivity contribution in [1.29, 1.82) is 0 Å². The third-order valence-corrected chi connectivity index (χ3v) is 5.11. The van der Waals surface area contributed by atoms with E-state index >= 15 is 0 Å². The number of likely N-dealkylation sites (tertiary alicyclic amines) is 1. The number of hydrogen-bond acceptors (Lipinski definition) is 4. The number of ether oxygens (including phenoxy) is 1. The third kappa shape index (κ3) is 7.29. The van der Waals surface area contributed by atoms with E-state index in [0.717, 1.165) is 43.7 Å². The Morgan fingerprint density at radius 2 is 1.93 bits per heavy atom. The van der Waals surface area contributed by atoms with E-state index in [0.29, 0.717) is 11.4 Å². The number of aliphatic carboxylic acids is 1. The molecular formula is C21H27CaClN2O3. The fourth-order valence-electron chi connectivity index (χ4n) is 3.40. The Labute approximate surface area is 201 Å². The van der Waals surface area contributed by atoms with Crippen molar-refractivity contribution in [2.24, 2.45) is 0 Å². The average molecular weight is 431 g/mol. The summed E-state index contributed by atoms with van der Waals surface area (Å²) >= 11 is 6.03. The topological polar surface area (TPSA) is 62.7 Å². The van der Waals surface area contributed by atoms with Crippen LogP contribution >= 0.6 is 11.6 Å². The summed E-state index contributed by atoms with van der Waals surface area (Å²) in [7, 11) is 0. The summed E-state index contributed by atoms with van der Waals surface area (Å²) in [6, 6.07) is 13.6. The molecule has 2 heterocycles. The molecule has 0 bridgehead atoms. The van der Waals surface area contributed by atoms with Crippen LogP contribution in [0.5, 0.6) is 0 Å². The number of rotatable bonds is 8. The number of piperidine rings is 1. The predicted octanol–water partition coefficient (Wildman–Crippen LogP) is 3.25. The first kappa shape index (κ1) is 23.6. The molecule has 1 aliphatic heterocycles. The predicted molar refractivity (Wildman–Crippen MR) is 113 cm³/mol. The van der Waals surface area contributed by atoms with Gasteiger partial charge in [0.05, 0.1) is 11.8 Å². The van der Waals surface area contributed by atoms with Crippen LogP contribution in [0.1, 0.15) is 43.0 Å². The van der Waals surface area contributed by atoms with E-state index in [2.05, 4.69) is 9.88 Å². The number of pyridine rings is 1. The zero-order valence-electron chi connectivity index (χ0n) is 15.3. The first-order valence-electron chi connectivity index (χ1n) is 9.38. The first-order chi connectivity index (χ1) is 13.1. The number of hydrogen-bond donors (Lipinski definition) is 1. The molecule has 7 heteroatoms. The van der Waals surface area contributed by atoms with Crippen LogP contribution in [0.25, 0.3) is 0 Å². The van der Waals surface area contributed by atoms with Gasteiger partial charge in [0.1, 0.15) is 6.10 Å². The summed E-state index contributed by atoms with van der Waals surface area (Å²) in [5.41, 5.74) is 1.94. The summed E-state index contributed by atoms with van der Waals surface area (Å²) in [5.74, 6) is -0.727. The van der Waals surface area contributed by atoms with Crippen LogP contribution < -0.4 is 0 Å². The van der Waals surface area contributed by atoms with Crippen molar-refractivity contribution in [3.63, 3.8) is 0 Å². The summed E-state index contributed by atoms with van der Waals surface area (Å²) < 4.78 is 6.47. The van der Waals surface area contributed by atoms with E-state index < -0.39 is 5.97 Å². The van der Waals surface area contributed by atoms with Crippen molar-refractivity contribution >= 4 is 55.3 Å². The SMILES string of the molecule is O=C(O)CCCN1CCC(O[C@@H](c2ccc(Cl)cc2)c2ccccn2)CC1.[CaH2]. The van der Waals surface area contributed by atoms with Crippen LogP contribution in [0.3, 0.4) is 0 Å². The fourth-order valence-corrected chi connectivity index (χ4v) is 3.53. The Bertz CT molecular complexity index is 722. The molecule has 0 radical (unpaired) electrons. The Kier molecular flexibility index (Phi) is 10.2. The average Bonchev–Trinajstić information content (AvgIpc) is 2.68. The summed E-state index contributed by atoms with van der Waals surface area (Å²) in [6.45, 7) is 2.69. The number of carboxylic acid groups (broad SMARTS) is 1. The third-order valence-electron chi connectivity index (χ3n) is 4.86. The molecular weight excluding hydrogens is 404 g/mol. The van der Waals surface area contributed by atoms with Gasteiger partial charge in [0.25, 0.3) is 0 Å². The fraction of sp³-hybridized carbons (Fsp3) is 0.429. The molecule has 2 aromatic rings. The van der Waals surface area contributed by atoms with Crippen LogP contribution in [0.15, 0.2) is 48.7 Å². The van der Waals surface area contributed by atoms with Gasteiger partial charge in [-0.05, 0) is 55.6 Å². The number of nitrogens with zero attached hydrogens (tertiary/aromatic N) is 2. The molecule has 1 aromatic heterocycles. The van der Waals surface area contributed by atoms with Crippen molar-refractivity contribution in [2.75, 3.05) is 19.6 Å². The van der Waals surface area contributed by atoms with Gasteiger partial charge in [0.2, 0.25) is 0 Å². The van der Waals surface area contributed by atoms with E-state index in [1.807, 2.05) is 42.5 Å². The van der Waals surface area contributed by atoms with Gasteiger partial charge in [-0.1, -0.05) is 29.8 Å². The molecule has 1 saturated heterocycles. The van der Waals surface area contributed by atoms with Gasteiger partial charge in [0.15, 0.2) is 0 Å². The summed E-state index contributed by atoms with van der Waals surface area (Å²) in [5, 5.41) is 9.47. The minimum absolute atomic E-state index is 0. The maximum atomic E-state index is 10.7. The van der Waals surface area contributed by atoms with Crippen LogP contribution in [-0.2, 0) is 9.53 Å². The zero-order valence-corrected chi connectivity index (χ0v) is 16.0. The molecule has 1 N–H and O–H groups in total.